The molecule has 2 aromatic rings. The molecule has 2 heterocycles. The maximum atomic E-state index is 13.1. The van der Waals surface area contributed by atoms with Crippen molar-refractivity contribution in [3.05, 3.63) is 47.4 Å². The Morgan fingerprint density at radius 3 is 3.16 bits per heavy atom. The Balaban J connectivity index is 1.70. The van der Waals surface area contributed by atoms with Crippen molar-refractivity contribution in [3.8, 4) is 0 Å². The molecule has 5 heteroatoms. The van der Waals surface area contributed by atoms with E-state index < -0.39 is 0 Å². The summed E-state index contributed by atoms with van der Waals surface area (Å²) in [6.45, 7) is 1.96. The Kier molecular flexibility index (Phi) is 3.55. The number of benzene rings is 1. The van der Waals surface area contributed by atoms with E-state index in [1.54, 1.807) is 6.07 Å². The van der Waals surface area contributed by atoms with Crippen molar-refractivity contribution in [2.24, 2.45) is 0 Å². The maximum absolute atomic E-state index is 13.1. The van der Waals surface area contributed by atoms with Crippen LogP contribution in [-0.2, 0) is 6.42 Å². The molecule has 0 radical (unpaired) electrons. The van der Waals surface area contributed by atoms with Crippen molar-refractivity contribution in [1.82, 2.24) is 15.5 Å². The van der Waals surface area contributed by atoms with Gasteiger partial charge < -0.3 is 9.84 Å². The van der Waals surface area contributed by atoms with Crippen LogP contribution in [0.15, 0.2) is 28.8 Å². The predicted molar refractivity (Wildman–Crippen MR) is 68.3 cm³/mol. The maximum Gasteiger partial charge on any atom is 0.231 e. The molecule has 1 atom stereocenters. The zero-order valence-corrected chi connectivity index (χ0v) is 10.6. The molecule has 0 bridgehead atoms. The van der Waals surface area contributed by atoms with Gasteiger partial charge in [-0.05, 0) is 37.1 Å². The standard InChI is InChI=1S/C14H16FN3O/c15-12-5-1-3-10(7-12)8-13-17-14(18-19-13)11-4-2-6-16-9-11/h1,3,5,7,11,16H,2,4,6,8-9H2. The molecule has 100 valence electrons. The Morgan fingerprint density at radius 2 is 2.37 bits per heavy atom. The Labute approximate surface area is 111 Å². The van der Waals surface area contributed by atoms with Gasteiger partial charge in [0.25, 0.3) is 0 Å². The molecule has 0 saturated carbocycles. The van der Waals surface area contributed by atoms with E-state index in [1.165, 1.54) is 12.1 Å². The molecule has 1 saturated heterocycles. The lowest BCUT2D eigenvalue weighted by Gasteiger charge is -2.19. The molecular formula is C14H16FN3O. The average Bonchev–Trinajstić information content (AvgIpc) is 2.88. The van der Waals surface area contributed by atoms with E-state index in [4.69, 9.17) is 4.52 Å². The van der Waals surface area contributed by atoms with Gasteiger partial charge in [0.2, 0.25) is 5.89 Å². The predicted octanol–water partition coefficient (Wildman–Crippen LogP) is 2.27. The van der Waals surface area contributed by atoms with Crippen molar-refractivity contribution in [1.29, 1.82) is 0 Å². The molecule has 1 aromatic carbocycles. The van der Waals surface area contributed by atoms with Crippen LogP contribution in [0.25, 0.3) is 0 Å². The fourth-order valence-corrected chi connectivity index (χ4v) is 2.40. The van der Waals surface area contributed by atoms with Crippen LogP contribution in [0.2, 0.25) is 0 Å². The number of nitrogens with zero attached hydrogens (tertiary/aromatic N) is 2. The highest BCUT2D eigenvalue weighted by Gasteiger charge is 2.20. The van der Waals surface area contributed by atoms with Crippen LogP contribution in [0.3, 0.4) is 0 Å². The molecule has 1 aliphatic rings. The van der Waals surface area contributed by atoms with Gasteiger partial charge in [-0.25, -0.2) is 4.39 Å². The summed E-state index contributed by atoms with van der Waals surface area (Å²) in [5.41, 5.74) is 0.844. The van der Waals surface area contributed by atoms with E-state index in [2.05, 4.69) is 15.5 Å². The molecule has 1 unspecified atom stereocenters. The van der Waals surface area contributed by atoms with Gasteiger partial charge in [0.05, 0.1) is 6.42 Å². The minimum atomic E-state index is -0.242. The largest absolute Gasteiger partial charge is 0.339 e. The van der Waals surface area contributed by atoms with Gasteiger partial charge in [0.1, 0.15) is 5.82 Å². The van der Waals surface area contributed by atoms with Gasteiger partial charge in [0, 0.05) is 12.5 Å². The molecular weight excluding hydrogens is 245 g/mol. The van der Waals surface area contributed by atoms with Crippen molar-refractivity contribution in [2.45, 2.75) is 25.2 Å². The number of aromatic nitrogens is 2. The van der Waals surface area contributed by atoms with Crippen molar-refractivity contribution < 1.29 is 8.91 Å². The molecule has 0 amide bonds. The molecule has 1 N–H and O–H groups in total. The van der Waals surface area contributed by atoms with Crippen molar-refractivity contribution in [2.75, 3.05) is 13.1 Å². The first-order chi connectivity index (χ1) is 9.31. The second-order valence-corrected chi connectivity index (χ2v) is 4.90. The summed E-state index contributed by atoms with van der Waals surface area (Å²) in [5.74, 6) is 1.40. The number of piperidine rings is 1. The smallest absolute Gasteiger partial charge is 0.231 e. The van der Waals surface area contributed by atoms with Crippen LogP contribution >= 0.6 is 0 Å². The molecule has 3 rings (SSSR count). The molecule has 0 aliphatic carbocycles. The SMILES string of the molecule is Fc1cccc(Cc2nc(C3CCCNC3)no2)c1. The summed E-state index contributed by atoms with van der Waals surface area (Å²) in [6, 6.07) is 6.46. The van der Waals surface area contributed by atoms with Crippen LogP contribution < -0.4 is 5.32 Å². The summed E-state index contributed by atoms with van der Waals surface area (Å²) in [7, 11) is 0. The third-order valence-electron chi connectivity index (χ3n) is 3.39. The Morgan fingerprint density at radius 1 is 1.42 bits per heavy atom. The topological polar surface area (TPSA) is 51.0 Å². The summed E-state index contributed by atoms with van der Waals surface area (Å²) < 4.78 is 18.3. The second kappa shape index (κ2) is 5.48. The third kappa shape index (κ3) is 2.98. The van der Waals surface area contributed by atoms with Gasteiger partial charge in [-0.2, -0.15) is 4.98 Å². The lowest BCUT2D eigenvalue weighted by atomic mass is 9.99. The number of hydrogen-bond donors (Lipinski definition) is 1. The lowest BCUT2D eigenvalue weighted by Crippen LogP contribution is -2.28. The molecule has 1 fully saturated rings. The lowest BCUT2D eigenvalue weighted by molar-refractivity contribution is 0.366. The van der Waals surface area contributed by atoms with E-state index in [0.29, 0.717) is 18.2 Å². The summed E-state index contributed by atoms with van der Waals surface area (Å²) >= 11 is 0. The van der Waals surface area contributed by atoms with Gasteiger partial charge >= 0.3 is 0 Å². The zero-order valence-electron chi connectivity index (χ0n) is 10.6. The average molecular weight is 261 g/mol. The first-order valence-corrected chi connectivity index (χ1v) is 6.59. The van der Waals surface area contributed by atoms with Crippen LogP contribution in [0.1, 0.15) is 36.0 Å². The van der Waals surface area contributed by atoms with E-state index in [9.17, 15) is 4.39 Å². The fraction of sp³-hybridized carbons (Fsp3) is 0.429. The van der Waals surface area contributed by atoms with E-state index >= 15 is 0 Å². The van der Waals surface area contributed by atoms with E-state index in [1.807, 2.05) is 6.07 Å². The second-order valence-electron chi connectivity index (χ2n) is 4.90. The van der Waals surface area contributed by atoms with Gasteiger partial charge in [0.15, 0.2) is 5.82 Å². The summed E-state index contributed by atoms with van der Waals surface area (Å²) in [6.07, 6.45) is 2.70. The van der Waals surface area contributed by atoms with Gasteiger partial charge in [-0.15, -0.1) is 0 Å². The van der Waals surface area contributed by atoms with Crippen LogP contribution in [0.5, 0.6) is 0 Å². The Bertz CT molecular complexity index is 549. The summed E-state index contributed by atoms with van der Waals surface area (Å²) in [4.78, 5) is 4.42. The number of hydrogen-bond acceptors (Lipinski definition) is 4. The van der Waals surface area contributed by atoms with E-state index in [-0.39, 0.29) is 5.82 Å². The van der Waals surface area contributed by atoms with Crippen LogP contribution in [0.4, 0.5) is 4.39 Å². The molecule has 19 heavy (non-hydrogen) atoms. The van der Waals surface area contributed by atoms with Crippen LogP contribution in [0, 0.1) is 5.82 Å². The van der Waals surface area contributed by atoms with Crippen molar-refractivity contribution in [3.63, 3.8) is 0 Å². The minimum absolute atomic E-state index is 0.242. The minimum Gasteiger partial charge on any atom is -0.339 e. The highest BCUT2D eigenvalue weighted by Crippen LogP contribution is 2.21. The first kappa shape index (κ1) is 12.3. The molecule has 1 aliphatic heterocycles. The Hall–Kier alpha value is -1.75. The van der Waals surface area contributed by atoms with E-state index in [0.717, 1.165) is 37.3 Å². The normalized spacial score (nSPS) is 19.5. The monoisotopic (exact) mass is 261 g/mol. The highest BCUT2D eigenvalue weighted by atomic mass is 19.1. The molecule has 1 aromatic heterocycles. The third-order valence-corrected chi connectivity index (χ3v) is 3.39. The highest BCUT2D eigenvalue weighted by molar-refractivity contribution is 5.19. The number of nitrogens with one attached hydrogen (secondary N) is 1. The first-order valence-electron chi connectivity index (χ1n) is 6.59. The molecule has 4 nitrogen and oxygen atoms in total. The van der Waals surface area contributed by atoms with Gasteiger partial charge in [-0.1, -0.05) is 17.3 Å². The molecule has 0 spiro atoms. The van der Waals surface area contributed by atoms with Crippen molar-refractivity contribution >= 4 is 0 Å². The van der Waals surface area contributed by atoms with Gasteiger partial charge in [-0.3, -0.25) is 0 Å². The quantitative estimate of drug-likeness (QED) is 0.920. The number of halogens is 1. The fourth-order valence-electron chi connectivity index (χ4n) is 2.40. The zero-order chi connectivity index (χ0) is 13.1. The summed E-state index contributed by atoms with van der Waals surface area (Å²) in [5, 5.41) is 7.37. The van der Waals surface area contributed by atoms with Crippen LogP contribution in [-0.4, -0.2) is 23.2 Å². The number of rotatable bonds is 3.